The van der Waals surface area contributed by atoms with E-state index in [0.29, 0.717) is 41.9 Å². The molecule has 0 aliphatic heterocycles. The SMILES string of the molecule is CCCCCCOc1ccc(OCCOc2ccc(/C=N\NC(=O)c3cccc(Cl)c3)cc2OCC)cc1. The van der Waals surface area contributed by atoms with Crippen molar-refractivity contribution in [2.24, 2.45) is 5.10 Å². The Balaban J connectivity index is 1.45. The number of unbranched alkanes of at least 4 members (excludes halogenated alkanes) is 3. The van der Waals surface area contributed by atoms with Gasteiger partial charge in [-0.15, -0.1) is 0 Å². The number of carbonyl (C=O) groups excluding carboxylic acids is 1. The summed E-state index contributed by atoms with van der Waals surface area (Å²) in [5.74, 6) is 2.43. The first-order chi connectivity index (χ1) is 18.6. The summed E-state index contributed by atoms with van der Waals surface area (Å²) < 4.78 is 23.2. The van der Waals surface area contributed by atoms with Crippen LogP contribution in [0.25, 0.3) is 0 Å². The Morgan fingerprint density at radius 3 is 2.26 bits per heavy atom. The number of ether oxygens (including phenoxy) is 4. The molecule has 0 atom stereocenters. The topological polar surface area (TPSA) is 78.4 Å². The zero-order valence-corrected chi connectivity index (χ0v) is 22.7. The molecule has 3 aromatic rings. The van der Waals surface area contributed by atoms with E-state index in [9.17, 15) is 4.79 Å². The molecule has 0 radical (unpaired) electrons. The monoisotopic (exact) mass is 538 g/mol. The number of hydrazone groups is 1. The molecular weight excluding hydrogens is 504 g/mol. The van der Waals surface area contributed by atoms with Crippen molar-refractivity contribution in [3.8, 4) is 23.0 Å². The molecule has 0 unspecified atom stereocenters. The quantitative estimate of drug-likeness (QED) is 0.122. The van der Waals surface area contributed by atoms with Gasteiger partial charge in [-0.1, -0.05) is 43.9 Å². The number of hydrogen-bond acceptors (Lipinski definition) is 6. The molecule has 0 heterocycles. The molecule has 0 aliphatic carbocycles. The third-order valence-electron chi connectivity index (χ3n) is 5.43. The minimum atomic E-state index is -0.349. The van der Waals surface area contributed by atoms with Crippen molar-refractivity contribution in [1.29, 1.82) is 0 Å². The standard InChI is InChI=1S/C30H35ClN2O5/c1-3-5-6-7-17-36-26-12-14-27(15-13-26)37-18-19-38-28-16-11-23(20-29(28)35-4-2)22-32-33-30(34)24-9-8-10-25(31)21-24/h8-16,20-22H,3-7,17-19H2,1-2H3,(H,33,34)/b32-22-. The van der Waals surface area contributed by atoms with Gasteiger partial charge in [0.2, 0.25) is 0 Å². The van der Waals surface area contributed by atoms with Crippen LogP contribution in [0.4, 0.5) is 0 Å². The number of amides is 1. The predicted octanol–water partition coefficient (Wildman–Crippen LogP) is 6.92. The Bertz CT molecular complexity index is 1170. The molecule has 7 nitrogen and oxygen atoms in total. The number of carbonyl (C=O) groups is 1. The average Bonchev–Trinajstić information content (AvgIpc) is 2.93. The van der Waals surface area contributed by atoms with E-state index < -0.39 is 0 Å². The number of benzene rings is 3. The van der Waals surface area contributed by atoms with Crippen molar-refractivity contribution in [3.63, 3.8) is 0 Å². The van der Waals surface area contributed by atoms with Crippen molar-refractivity contribution in [2.75, 3.05) is 26.4 Å². The van der Waals surface area contributed by atoms with Crippen LogP contribution in [0.5, 0.6) is 23.0 Å². The van der Waals surface area contributed by atoms with E-state index in [1.165, 1.54) is 25.5 Å². The van der Waals surface area contributed by atoms with Gasteiger partial charge in [-0.25, -0.2) is 5.43 Å². The molecule has 0 aliphatic rings. The van der Waals surface area contributed by atoms with Crippen molar-refractivity contribution in [2.45, 2.75) is 39.5 Å². The van der Waals surface area contributed by atoms with Crippen LogP contribution in [-0.4, -0.2) is 38.5 Å². The van der Waals surface area contributed by atoms with Gasteiger partial charge in [0.25, 0.3) is 5.91 Å². The highest BCUT2D eigenvalue weighted by molar-refractivity contribution is 6.30. The van der Waals surface area contributed by atoms with Crippen LogP contribution in [0, 0.1) is 0 Å². The van der Waals surface area contributed by atoms with Crippen LogP contribution in [-0.2, 0) is 0 Å². The molecule has 38 heavy (non-hydrogen) atoms. The third-order valence-corrected chi connectivity index (χ3v) is 5.67. The van der Waals surface area contributed by atoms with Crippen LogP contribution in [0.2, 0.25) is 5.02 Å². The lowest BCUT2D eigenvalue weighted by Gasteiger charge is -2.13. The highest BCUT2D eigenvalue weighted by Crippen LogP contribution is 2.28. The number of halogens is 1. The van der Waals surface area contributed by atoms with E-state index in [-0.39, 0.29) is 5.91 Å². The van der Waals surface area contributed by atoms with Gasteiger partial charge >= 0.3 is 0 Å². The fraction of sp³-hybridized carbons (Fsp3) is 0.333. The molecule has 3 aromatic carbocycles. The Kier molecular flexibility index (Phi) is 12.3. The van der Waals surface area contributed by atoms with E-state index in [4.69, 9.17) is 30.5 Å². The first-order valence-electron chi connectivity index (χ1n) is 12.9. The molecule has 0 aromatic heterocycles. The van der Waals surface area contributed by atoms with E-state index in [2.05, 4.69) is 17.5 Å². The van der Waals surface area contributed by atoms with Crippen molar-refractivity contribution in [1.82, 2.24) is 5.43 Å². The average molecular weight is 539 g/mol. The fourth-order valence-electron chi connectivity index (χ4n) is 3.51. The van der Waals surface area contributed by atoms with E-state index in [1.807, 2.05) is 37.3 Å². The van der Waals surface area contributed by atoms with Crippen molar-refractivity contribution < 1.29 is 23.7 Å². The highest BCUT2D eigenvalue weighted by atomic mass is 35.5. The van der Waals surface area contributed by atoms with Crippen LogP contribution in [0.15, 0.2) is 71.8 Å². The van der Waals surface area contributed by atoms with Gasteiger partial charge in [-0.3, -0.25) is 4.79 Å². The van der Waals surface area contributed by atoms with Gasteiger partial charge in [0, 0.05) is 10.6 Å². The molecule has 202 valence electrons. The van der Waals surface area contributed by atoms with Crippen LogP contribution < -0.4 is 24.4 Å². The van der Waals surface area contributed by atoms with Crippen molar-refractivity contribution in [3.05, 3.63) is 82.9 Å². The summed E-state index contributed by atoms with van der Waals surface area (Å²) in [5, 5.41) is 4.51. The lowest BCUT2D eigenvalue weighted by molar-refractivity contribution is 0.0955. The second-order valence-electron chi connectivity index (χ2n) is 8.43. The summed E-state index contributed by atoms with van der Waals surface area (Å²) in [5.41, 5.74) is 3.67. The lowest BCUT2D eigenvalue weighted by atomic mass is 10.2. The zero-order valence-electron chi connectivity index (χ0n) is 22.0. The summed E-state index contributed by atoms with van der Waals surface area (Å²) in [7, 11) is 0. The summed E-state index contributed by atoms with van der Waals surface area (Å²) >= 11 is 5.93. The Hall–Kier alpha value is -3.71. The third kappa shape index (κ3) is 9.98. The Morgan fingerprint density at radius 1 is 0.816 bits per heavy atom. The van der Waals surface area contributed by atoms with Gasteiger partial charge in [-0.2, -0.15) is 5.10 Å². The smallest absolute Gasteiger partial charge is 0.271 e. The van der Waals surface area contributed by atoms with Crippen LogP contribution in [0.3, 0.4) is 0 Å². The van der Waals surface area contributed by atoms with Crippen LogP contribution in [0.1, 0.15) is 55.5 Å². The predicted molar refractivity (Wildman–Crippen MR) is 151 cm³/mol. The lowest BCUT2D eigenvalue weighted by Crippen LogP contribution is -2.17. The minimum absolute atomic E-state index is 0.346. The number of nitrogens with one attached hydrogen (secondary N) is 1. The molecule has 0 bridgehead atoms. The first-order valence-corrected chi connectivity index (χ1v) is 13.3. The molecule has 3 rings (SSSR count). The minimum Gasteiger partial charge on any atom is -0.494 e. The van der Waals surface area contributed by atoms with E-state index in [1.54, 1.807) is 36.4 Å². The van der Waals surface area contributed by atoms with Crippen LogP contribution >= 0.6 is 11.6 Å². The maximum atomic E-state index is 12.2. The van der Waals surface area contributed by atoms with Crippen molar-refractivity contribution >= 4 is 23.7 Å². The fourth-order valence-corrected chi connectivity index (χ4v) is 3.70. The second-order valence-corrected chi connectivity index (χ2v) is 8.86. The molecule has 1 amide bonds. The summed E-state index contributed by atoms with van der Waals surface area (Å²) in [4.78, 5) is 12.2. The first kappa shape index (κ1) is 28.9. The molecule has 0 saturated heterocycles. The summed E-state index contributed by atoms with van der Waals surface area (Å²) in [6.07, 6.45) is 6.27. The Morgan fingerprint density at radius 2 is 1.55 bits per heavy atom. The van der Waals surface area contributed by atoms with E-state index in [0.717, 1.165) is 30.1 Å². The second kappa shape index (κ2) is 16.2. The maximum absolute atomic E-state index is 12.2. The molecular formula is C30H35ClN2O5. The summed E-state index contributed by atoms with van der Waals surface area (Å²) in [6, 6.07) is 19.7. The maximum Gasteiger partial charge on any atom is 0.271 e. The number of rotatable bonds is 16. The molecule has 0 spiro atoms. The van der Waals surface area contributed by atoms with Gasteiger partial charge in [0.1, 0.15) is 24.7 Å². The molecule has 8 heteroatoms. The van der Waals surface area contributed by atoms with Gasteiger partial charge in [-0.05, 0) is 79.6 Å². The molecule has 0 fully saturated rings. The summed E-state index contributed by atoms with van der Waals surface area (Å²) in [6.45, 7) is 6.03. The zero-order chi connectivity index (χ0) is 27.0. The van der Waals surface area contributed by atoms with Gasteiger partial charge in [0.15, 0.2) is 11.5 Å². The number of hydrogen-bond donors (Lipinski definition) is 1. The molecule has 1 N–H and O–H groups in total. The normalized spacial score (nSPS) is 10.8. The van der Waals surface area contributed by atoms with Gasteiger partial charge < -0.3 is 18.9 Å². The highest BCUT2D eigenvalue weighted by Gasteiger charge is 2.08. The van der Waals surface area contributed by atoms with E-state index >= 15 is 0 Å². The largest absolute Gasteiger partial charge is 0.494 e. The number of nitrogens with zero attached hydrogens (tertiary/aromatic N) is 1. The van der Waals surface area contributed by atoms with Gasteiger partial charge in [0.05, 0.1) is 19.4 Å². The Labute approximate surface area is 229 Å². The molecule has 0 saturated carbocycles.